The minimum Gasteiger partial charge on any atom is -0.469 e. The summed E-state index contributed by atoms with van der Waals surface area (Å²) in [4.78, 5) is 54.2. The molecule has 3 heterocycles. The van der Waals surface area contributed by atoms with Crippen molar-refractivity contribution < 1.29 is 33.8 Å². The lowest BCUT2D eigenvalue weighted by atomic mass is 9.82. The first-order valence-electron chi connectivity index (χ1n) is 17.8. The van der Waals surface area contributed by atoms with Crippen LogP contribution in [0.25, 0.3) is 0 Å². The Morgan fingerprint density at radius 2 is 1.77 bits per heavy atom. The second-order valence-corrected chi connectivity index (χ2v) is 18.2. The maximum atomic E-state index is 14.8. The van der Waals surface area contributed by atoms with Crippen molar-refractivity contribution in [1.82, 2.24) is 15.0 Å². The number of anilines is 3. The van der Waals surface area contributed by atoms with Crippen LogP contribution in [-0.2, 0) is 36.0 Å². The Balaban J connectivity index is 1.33. The molecule has 52 heavy (non-hydrogen) atoms. The van der Waals surface area contributed by atoms with Crippen LogP contribution < -0.4 is 9.80 Å². The Morgan fingerprint density at radius 1 is 1.06 bits per heavy atom. The number of methoxy groups -OCH3 is 1. The average molecular weight is 726 g/mol. The Labute approximate surface area is 305 Å². The zero-order valence-electron chi connectivity index (χ0n) is 30.1. The maximum Gasteiger partial charge on any atom is 0.305 e. The first-order valence-corrected chi connectivity index (χ1v) is 20.8. The van der Waals surface area contributed by atoms with Crippen molar-refractivity contribution in [1.29, 1.82) is 0 Å². The van der Waals surface area contributed by atoms with Crippen LogP contribution in [0.1, 0.15) is 55.3 Å². The summed E-state index contributed by atoms with van der Waals surface area (Å²) in [6.45, 7) is 6.41. The fraction of sp³-hybridized carbons (Fsp3) is 0.410. The van der Waals surface area contributed by atoms with E-state index >= 15 is 0 Å². The summed E-state index contributed by atoms with van der Waals surface area (Å²) >= 11 is 0. The molecule has 0 bridgehead atoms. The predicted molar refractivity (Wildman–Crippen MR) is 198 cm³/mol. The molecule has 0 radical (unpaired) electrons. The molecular formula is C39H47N5O7Si. The van der Waals surface area contributed by atoms with Crippen LogP contribution in [0.2, 0.25) is 18.6 Å². The van der Waals surface area contributed by atoms with E-state index in [4.69, 9.17) is 9.47 Å². The van der Waals surface area contributed by atoms with Gasteiger partial charge >= 0.3 is 5.97 Å². The molecule has 12 nitrogen and oxygen atoms in total. The van der Waals surface area contributed by atoms with Gasteiger partial charge in [-0.2, -0.15) is 0 Å². The molecule has 6 rings (SSSR count). The number of aryl methyl sites for hydroxylation is 1. The molecule has 3 aromatic carbocycles. The van der Waals surface area contributed by atoms with Gasteiger partial charge < -0.3 is 24.3 Å². The highest BCUT2D eigenvalue weighted by molar-refractivity contribution is 6.71. The lowest BCUT2D eigenvalue weighted by Crippen LogP contribution is -2.46. The topological polar surface area (TPSA) is 147 Å². The van der Waals surface area contributed by atoms with Crippen molar-refractivity contribution in [2.75, 3.05) is 30.1 Å². The normalized spacial score (nSPS) is 21.7. The molecule has 2 aliphatic rings. The number of aromatic nitrogens is 3. The number of aliphatic hydroxyl groups excluding tert-OH is 1. The molecule has 5 atom stereocenters. The lowest BCUT2D eigenvalue weighted by molar-refractivity contribution is -0.146. The Bertz CT molecular complexity index is 1870. The van der Waals surface area contributed by atoms with E-state index in [1.165, 1.54) is 12.0 Å². The van der Waals surface area contributed by atoms with E-state index in [0.29, 0.717) is 60.7 Å². The predicted octanol–water partition coefficient (Wildman–Crippen LogP) is 5.27. The number of carbonyl (C=O) groups excluding carboxylic acids is 3. The van der Waals surface area contributed by atoms with Gasteiger partial charge in [-0.3, -0.25) is 24.0 Å². The van der Waals surface area contributed by atoms with Crippen molar-refractivity contribution in [3.05, 3.63) is 102 Å². The van der Waals surface area contributed by atoms with Gasteiger partial charge in [0, 0.05) is 54.1 Å². The summed E-state index contributed by atoms with van der Waals surface area (Å²) in [6, 6.07) is 24.5. The van der Waals surface area contributed by atoms with Gasteiger partial charge in [-0.05, 0) is 68.3 Å². The Morgan fingerprint density at radius 3 is 2.42 bits per heavy atom. The quantitative estimate of drug-likeness (QED) is 0.0724. The average Bonchev–Trinajstić information content (AvgIpc) is 3.80. The number of benzene rings is 3. The van der Waals surface area contributed by atoms with Crippen LogP contribution in [-0.4, -0.2) is 77.9 Å². The van der Waals surface area contributed by atoms with Gasteiger partial charge in [0.15, 0.2) is 13.9 Å². The van der Waals surface area contributed by atoms with Gasteiger partial charge in [0.25, 0.3) is 5.91 Å². The summed E-state index contributed by atoms with van der Waals surface area (Å²) in [6.07, 6.45) is 3.90. The summed E-state index contributed by atoms with van der Waals surface area (Å²) in [5.41, 5.74) is 2.46. The van der Waals surface area contributed by atoms with Crippen LogP contribution in [0.4, 0.5) is 17.1 Å². The largest absolute Gasteiger partial charge is 0.469 e. The number of unbranched alkanes of at least 4 members (excludes halogenated alkanes) is 1. The third-order valence-electron chi connectivity index (χ3n) is 10.6. The zero-order chi connectivity index (χ0) is 37.0. The zero-order valence-corrected chi connectivity index (χ0v) is 31.1. The minimum absolute atomic E-state index is 0.116. The van der Waals surface area contributed by atoms with Gasteiger partial charge in [0.05, 0.1) is 37.1 Å². The van der Waals surface area contributed by atoms with Crippen LogP contribution in [0.3, 0.4) is 0 Å². The van der Waals surface area contributed by atoms with E-state index in [9.17, 15) is 24.3 Å². The van der Waals surface area contributed by atoms with E-state index in [0.717, 1.165) is 12.0 Å². The van der Waals surface area contributed by atoms with Gasteiger partial charge in [0.2, 0.25) is 6.41 Å². The van der Waals surface area contributed by atoms with Crippen LogP contribution in [0, 0.1) is 5.92 Å². The van der Waals surface area contributed by atoms with Gasteiger partial charge in [-0.15, -0.1) is 5.10 Å². The highest BCUT2D eigenvalue weighted by Crippen LogP contribution is 2.60. The van der Waals surface area contributed by atoms with E-state index in [-0.39, 0.29) is 36.4 Å². The Kier molecular flexibility index (Phi) is 11.1. The van der Waals surface area contributed by atoms with Crippen molar-refractivity contribution in [2.24, 2.45) is 5.92 Å². The first kappa shape index (κ1) is 37.1. The van der Waals surface area contributed by atoms with Crippen LogP contribution in [0.5, 0.6) is 0 Å². The third-order valence-corrected chi connectivity index (χ3v) is 13.1. The molecule has 1 spiro atoms. The number of fused-ring (bicyclic) bond motifs is 2. The van der Waals surface area contributed by atoms with E-state index in [2.05, 4.69) is 10.3 Å². The van der Waals surface area contributed by atoms with Crippen molar-refractivity contribution in [3.8, 4) is 0 Å². The number of amides is 2. The molecule has 2 aliphatic heterocycles. The molecule has 1 fully saturated rings. The number of ether oxygens (including phenoxy) is 2. The number of aliphatic hydroxyl groups is 1. The standard InChI is InChI=1S/C39H47N5O7Si/c1-27-37(52(3,4)49)35(20-22-42-24-33(40-41-42)31(25-45)28-13-7-5-8-14-28)51-39(27)32-23-30(44(26-46)29-15-9-6-10-16-29)18-19-34(32)43(38(39)48)21-12-11-17-36(47)50-2/h5-10,13-16,18-19,23-24,26-27,31,35,37,45,49H,11-12,17,20-22,25H2,1-4H3/t27-,31?,35+,37-,39+/m1/s1. The number of hydrogen-bond donors (Lipinski definition) is 2. The molecule has 13 heteroatoms. The van der Waals surface area contributed by atoms with Gasteiger partial charge in [-0.1, -0.05) is 60.7 Å². The minimum atomic E-state index is -2.95. The van der Waals surface area contributed by atoms with E-state index < -0.39 is 25.9 Å². The van der Waals surface area contributed by atoms with E-state index in [1.807, 2.05) is 105 Å². The number of carbonyl (C=O) groups is 3. The van der Waals surface area contributed by atoms with Crippen molar-refractivity contribution >= 4 is 43.7 Å². The number of nitrogens with zero attached hydrogens (tertiary/aromatic N) is 5. The number of para-hydroxylation sites is 1. The molecule has 2 amide bonds. The maximum absolute atomic E-state index is 14.8. The molecule has 1 unspecified atom stereocenters. The molecule has 4 aromatic rings. The third kappa shape index (κ3) is 7.05. The van der Waals surface area contributed by atoms with Gasteiger partial charge in [0.1, 0.15) is 0 Å². The molecular weight excluding hydrogens is 679 g/mol. The molecule has 1 aromatic heterocycles. The van der Waals surface area contributed by atoms with E-state index in [1.54, 1.807) is 9.58 Å². The molecule has 2 N–H and O–H groups in total. The van der Waals surface area contributed by atoms with Crippen LogP contribution in [0.15, 0.2) is 85.1 Å². The number of hydrogen-bond acceptors (Lipinski definition) is 9. The SMILES string of the molecule is COC(=O)CCCCN1C(=O)[C@@]2(O[C@@H](CCn3cc(C(CO)c4ccccc4)nn3)[C@H]([Si](C)(C)O)[C@H]2C)c2cc(N(C=O)c3ccccc3)ccc21. The number of esters is 1. The second kappa shape index (κ2) is 15.5. The second-order valence-electron chi connectivity index (χ2n) is 14.2. The molecule has 0 aliphatic carbocycles. The van der Waals surface area contributed by atoms with Crippen LogP contribution >= 0.6 is 0 Å². The molecule has 1 saturated heterocycles. The number of rotatable bonds is 15. The summed E-state index contributed by atoms with van der Waals surface area (Å²) in [7, 11) is -1.59. The summed E-state index contributed by atoms with van der Waals surface area (Å²) < 4.78 is 13.6. The first-order chi connectivity index (χ1) is 25.0. The smallest absolute Gasteiger partial charge is 0.305 e. The summed E-state index contributed by atoms with van der Waals surface area (Å²) in [5, 5.41) is 18.9. The fourth-order valence-electron chi connectivity index (χ4n) is 8.10. The molecule has 0 saturated carbocycles. The monoisotopic (exact) mass is 725 g/mol. The highest BCUT2D eigenvalue weighted by atomic mass is 28.4. The summed E-state index contributed by atoms with van der Waals surface area (Å²) in [5.74, 6) is -1.25. The highest BCUT2D eigenvalue weighted by Gasteiger charge is 2.66. The fourth-order valence-corrected chi connectivity index (χ4v) is 10.7. The van der Waals surface area contributed by atoms with Crippen molar-refractivity contribution in [2.45, 2.75) is 75.4 Å². The van der Waals surface area contributed by atoms with Gasteiger partial charge in [-0.25, -0.2) is 0 Å². The lowest BCUT2D eigenvalue weighted by Gasteiger charge is -2.32. The molecule has 274 valence electrons. The Hall–Kier alpha value is -4.69. The van der Waals surface area contributed by atoms with Crippen molar-refractivity contribution in [3.63, 3.8) is 0 Å².